The summed E-state index contributed by atoms with van der Waals surface area (Å²) in [7, 11) is -3.97. The molecule has 1 aliphatic rings. The molecule has 0 amide bonds. The van der Waals surface area contributed by atoms with Gasteiger partial charge in [0.2, 0.25) is 0 Å². The molecule has 4 rings (SSSR count). The fourth-order valence-electron chi connectivity index (χ4n) is 3.31. The quantitative estimate of drug-likeness (QED) is 0.475. The third-order valence-corrected chi connectivity index (χ3v) is 7.44. The standard InChI is InChI=1S/C22H16Cl2FNO4S/c23-18-2-1-3-19(24)17(18)13-21(27)14-4-9-22-20(12-14)26(10-11-30-22)31(28,29)16-7-5-15(25)6-8-16/h1-9,12H,10-11,13H2. The first-order valence-corrected chi connectivity index (χ1v) is 11.5. The molecule has 31 heavy (non-hydrogen) atoms. The van der Waals surface area contributed by atoms with Gasteiger partial charge < -0.3 is 4.74 Å². The average molecular weight is 480 g/mol. The molecule has 0 bridgehead atoms. The van der Waals surface area contributed by atoms with Crippen molar-refractivity contribution in [2.75, 3.05) is 17.5 Å². The molecule has 0 atom stereocenters. The first kappa shape index (κ1) is 21.6. The van der Waals surface area contributed by atoms with E-state index >= 15 is 0 Å². The second-order valence-corrected chi connectivity index (χ2v) is 9.54. The van der Waals surface area contributed by atoms with Crippen molar-refractivity contribution in [2.24, 2.45) is 0 Å². The summed E-state index contributed by atoms with van der Waals surface area (Å²) < 4.78 is 46.3. The van der Waals surface area contributed by atoms with Gasteiger partial charge in [-0.2, -0.15) is 0 Å². The number of hydrogen-bond donors (Lipinski definition) is 0. The minimum Gasteiger partial charge on any atom is -0.489 e. The summed E-state index contributed by atoms with van der Waals surface area (Å²) in [5, 5.41) is 0.755. The van der Waals surface area contributed by atoms with Crippen LogP contribution in [0.3, 0.4) is 0 Å². The highest BCUT2D eigenvalue weighted by Crippen LogP contribution is 2.36. The molecule has 160 valence electrons. The van der Waals surface area contributed by atoms with Gasteiger partial charge >= 0.3 is 0 Å². The molecular weight excluding hydrogens is 464 g/mol. The van der Waals surface area contributed by atoms with E-state index in [9.17, 15) is 17.6 Å². The van der Waals surface area contributed by atoms with Crippen molar-refractivity contribution < 1.29 is 22.3 Å². The number of benzene rings is 3. The highest BCUT2D eigenvalue weighted by atomic mass is 35.5. The van der Waals surface area contributed by atoms with Crippen LogP contribution in [0.15, 0.2) is 65.6 Å². The Hall–Kier alpha value is -2.61. The van der Waals surface area contributed by atoms with Gasteiger partial charge in [0.15, 0.2) is 5.78 Å². The minimum atomic E-state index is -3.97. The molecule has 3 aromatic carbocycles. The molecule has 1 aliphatic heterocycles. The van der Waals surface area contributed by atoms with Gasteiger partial charge in [0.25, 0.3) is 10.0 Å². The average Bonchev–Trinajstić information content (AvgIpc) is 2.75. The first-order valence-electron chi connectivity index (χ1n) is 9.28. The highest BCUT2D eigenvalue weighted by molar-refractivity contribution is 7.92. The number of carbonyl (C=O) groups excluding carboxylic acids is 1. The first-order chi connectivity index (χ1) is 14.8. The van der Waals surface area contributed by atoms with Crippen LogP contribution in [0.2, 0.25) is 10.0 Å². The number of carbonyl (C=O) groups is 1. The zero-order valence-corrected chi connectivity index (χ0v) is 18.3. The number of halogens is 3. The fourth-order valence-corrected chi connectivity index (χ4v) is 5.30. The zero-order chi connectivity index (χ0) is 22.2. The maximum Gasteiger partial charge on any atom is 0.264 e. The maximum absolute atomic E-state index is 13.2. The van der Waals surface area contributed by atoms with Gasteiger partial charge in [-0.05, 0) is 60.2 Å². The summed E-state index contributed by atoms with van der Waals surface area (Å²) in [6.07, 6.45) is -0.0388. The summed E-state index contributed by atoms with van der Waals surface area (Å²) in [5.41, 5.74) is 1.03. The molecule has 0 unspecified atom stereocenters. The number of nitrogens with zero attached hydrogens (tertiary/aromatic N) is 1. The van der Waals surface area contributed by atoms with Crippen LogP contribution in [0, 0.1) is 5.82 Å². The second-order valence-electron chi connectivity index (χ2n) is 6.86. The predicted molar refractivity (Wildman–Crippen MR) is 117 cm³/mol. The Balaban J connectivity index is 1.69. The molecule has 3 aromatic rings. The van der Waals surface area contributed by atoms with Crippen LogP contribution in [0.4, 0.5) is 10.1 Å². The number of rotatable bonds is 5. The molecular formula is C22H16Cl2FNO4S. The third-order valence-electron chi connectivity index (χ3n) is 4.90. The van der Waals surface area contributed by atoms with Crippen molar-refractivity contribution in [3.05, 3.63) is 87.7 Å². The molecule has 0 aliphatic carbocycles. The van der Waals surface area contributed by atoms with Crippen molar-refractivity contribution in [3.63, 3.8) is 0 Å². The Bertz CT molecular complexity index is 1240. The summed E-state index contributed by atoms with van der Waals surface area (Å²) in [6.45, 7) is 0.205. The van der Waals surface area contributed by atoms with Crippen LogP contribution in [0.5, 0.6) is 5.75 Å². The SMILES string of the molecule is O=C(Cc1c(Cl)cccc1Cl)c1ccc2c(c1)N(S(=O)(=O)c1ccc(F)cc1)CCO2. The minimum absolute atomic E-state index is 0.0388. The molecule has 0 saturated heterocycles. The van der Waals surface area contributed by atoms with Crippen molar-refractivity contribution in [1.29, 1.82) is 0 Å². The highest BCUT2D eigenvalue weighted by Gasteiger charge is 2.31. The number of fused-ring (bicyclic) bond motifs is 1. The van der Waals surface area contributed by atoms with Gasteiger partial charge in [0.1, 0.15) is 18.2 Å². The fraction of sp³-hybridized carbons (Fsp3) is 0.136. The monoisotopic (exact) mass is 479 g/mol. The largest absolute Gasteiger partial charge is 0.489 e. The third kappa shape index (κ3) is 4.26. The smallest absolute Gasteiger partial charge is 0.264 e. The van der Waals surface area contributed by atoms with E-state index in [2.05, 4.69) is 0 Å². The van der Waals surface area contributed by atoms with E-state index in [0.29, 0.717) is 26.9 Å². The lowest BCUT2D eigenvalue weighted by Gasteiger charge is -2.30. The van der Waals surface area contributed by atoms with Gasteiger partial charge in [0, 0.05) is 22.0 Å². The van der Waals surface area contributed by atoms with Crippen LogP contribution < -0.4 is 9.04 Å². The van der Waals surface area contributed by atoms with E-state index < -0.39 is 15.8 Å². The molecule has 9 heteroatoms. The number of ketones is 1. The van der Waals surface area contributed by atoms with Crippen LogP contribution in [0.25, 0.3) is 0 Å². The van der Waals surface area contributed by atoms with E-state index in [1.165, 1.54) is 22.5 Å². The Morgan fingerprint density at radius 3 is 2.39 bits per heavy atom. The van der Waals surface area contributed by atoms with Crippen LogP contribution in [0.1, 0.15) is 15.9 Å². The lowest BCUT2D eigenvalue weighted by molar-refractivity contribution is 0.0993. The molecule has 0 fully saturated rings. The van der Waals surface area contributed by atoms with Crippen LogP contribution in [-0.4, -0.2) is 27.4 Å². The van der Waals surface area contributed by atoms with Gasteiger partial charge in [-0.25, -0.2) is 12.8 Å². The van der Waals surface area contributed by atoms with Gasteiger partial charge in [-0.15, -0.1) is 0 Å². The number of Topliss-reactive ketones (excluding diaryl/α,β-unsaturated/α-hetero) is 1. The Morgan fingerprint density at radius 2 is 1.71 bits per heavy atom. The van der Waals surface area contributed by atoms with Crippen LogP contribution in [-0.2, 0) is 16.4 Å². The van der Waals surface area contributed by atoms with E-state index in [0.717, 1.165) is 12.1 Å². The molecule has 0 spiro atoms. The number of sulfonamides is 1. The predicted octanol–water partition coefficient (Wildman–Crippen LogP) is 5.15. The lowest BCUT2D eigenvalue weighted by Crippen LogP contribution is -2.38. The Kier molecular flexibility index (Phi) is 5.92. The molecule has 0 aromatic heterocycles. The summed E-state index contributed by atoms with van der Waals surface area (Å²) in [5.74, 6) is -0.473. The number of ether oxygens (including phenoxy) is 1. The summed E-state index contributed by atoms with van der Waals surface area (Å²) >= 11 is 12.3. The van der Waals surface area contributed by atoms with Crippen molar-refractivity contribution in [2.45, 2.75) is 11.3 Å². The Morgan fingerprint density at radius 1 is 1.03 bits per heavy atom. The zero-order valence-electron chi connectivity index (χ0n) is 16.0. The number of anilines is 1. The molecule has 0 radical (unpaired) electrons. The van der Waals surface area contributed by atoms with Crippen LogP contribution >= 0.6 is 23.2 Å². The van der Waals surface area contributed by atoms with Crippen molar-refractivity contribution >= 4 is 44.7 Å². The topological polar surface area (TPSA) is 63.7 Å². The van der Waals surface area contributed by atoms with Crippen molar-refractivity contribution in [1.82, 2.24) is 0 Å². The van der Waals surface area contributed by atoms with Gasteiger partial charge in [0.05, 0.1) is 17.1 Å². The second kappa shape index (κ2) is 8.49. The van der Waals surface area contributed by atoms with E-state index in [1.807, 2.05) is 0 Å². The molecule has 0 N–H and O–H groups in total. The molecule has 0 saturated carbocycles. The van der Waals surface area contributed by atoms with Crippen molar-refractivity contribution in [3.8, 4) is 5.75 Å². The molecule has 1 heterocycles. The normalized spacial score (nSPS) is 13.5. The van der Waals surface area contributed by atoms with E-state index in [1.54, 1.807) is 30.3 Å². The number of hydrogen-bond acceptors (Lipinski definition) is 4. The van der Waals surface area contributed by atoms with Gasteiger partial charge in [-0.1, -0.05) is 29.3 Å². The van der Waals surface area contributed by atoms with E-state index in [4.69, 9.17) is 27.9 Å². The molecule has 5 nitrogen and oxygen atoms in total. The maximum atomic E-state index is 13.2. The van der Waals surface area contributed by atoms with E-state index in [-0.39, 0.29) is 35.9 Å². The van der Waals surface area contributed by atoms with Gasteiger partial charge in [-0.3, -0.25) is 9.10 Å². The lowest BCUT2D eigenvalue weighted by atomic mass is 10.0. The summed E-state index contributed by atoms with van der Waals surface area (Å²) in [4.78, 5) is 12.8. The Labute approximate surface area is 189 Å². The summed E-state index contributed by atoms with van der Waals surface area (Å²) in [6, 6.07) is 14.2.